The van der Waals surface area contributed by atoms with Crippen LogP contribution in [0.2, 0.25) is 0 Å². The molecule has 0 unspecified atom stereocenters. The Bertz CT molecular complexity index is 349. The Kier molecular flexibility index (Phi) is 3.33. The summed E-state index contributed by atoms with van der Waals surface area (Å²) in [6.07, 6.45) is 0. The van der Waals surface area contributed by atoms with E-state index in [1.165, 1.54) is 6.92 Å². The van der Waals surface area contributed by atoms with Gasteiger partial charge in [0.05, 0.1) is 4.47 Å². The average Bonchev–Trinajstić information content (AvgIpc) is 2.06. The van der Waals surface area contributed by atoms with Crippen molar-refractivity contribution in [3.05, 3.63) is 21.1 Å². The molecule has 0 saturated heterocycles. The van der Waals surface area contributed by atoms with Gasteiger partial charge in [-0.1, -0.05) is 0 Å². The molecule has 0 spiro atoms. The molecule has 0 fully saturated rings. The number of benzene rings is 1. The number of esters is 1. The van der Waals surface area contributed by atoms with Crippen LogP contribution in [0.25, 0.3) is 0 Å². The minimum absolute atomic E-state index is 0.0127. The van der Waals surface area contributed by atoms with Crippen molar-refractivity contribution in [2.24, 2.45) is 0 Å². The molecule has 3 nitrogen and oxygen atoms in total. The molecule has 1 aromatic rings. The molecule has 0 heterocycles. The summed E-state index contributed by atoms with van der Waals surface area (Å²) in [6, 6.07) is 3.17. The van der Waals surface area contributed by atoms with E-state index in [2.05, 4.69) is 31.9 Å². The SMILES string of the molecule is CC(=O)Oc1ccc(Br)c(O)c1Br. The third kappa shape index (κ3) is 2.45. The van der Waals surface area contributed by atoms with Crippen LogP contribution < -0.4 is 4.74 Å². The number of phenolic OH excluding ortho intramolecular Hbond substituents is 1. The Morgan fingerprint density at radius 3 is 2.62 bits per heavy atom. The lowest BCUT2D eigenvalue weighted by atomic mass is 10.3. The van der Waals surface area contributed by atoms with Gasteiger partial charge in [-0.3, -0.25) is 4.79 Å². The molecule has 0 aliphatic carbocycles. The zero-order chi connectivity index (χ0) is 10.0. The third-order valence-corrected chi connectivity index (χ3v) is 2.69. The lowest BCUT2D eigenvalue weighted by Crippen LogP contribution is -2.01. The molecule has 0 aromatic heterocycles. The van der Waals surface area contributed by atoms with Crippen LogP contribution in [0.5, 0.6) is 11.5 Å². The van der Waals surface area contributed by atoms with Crippen molar-refractivity contribution in [1.82, 2.24) is 0 Å². The second-order valence-corrected chi connectivity index (χ2v) is 3.95. The molecule has 1 aromatic carbocycles. The van der Waals surface area contributed by atoms with Gasteiger partial charge in [0.25, 0.3) is 0 Å². The summed E-state index contributed by atoms with van der Waals surface area (Å²) in [7, 11) is 0. The van der Waals surface area contributed by atoms with Crippen molar-refractivity contribution < 1.29 is 14.6 Å². The second kappa shape index (κ2) is 4.11. The predicted octanol–water partition coefficient (Wildman–Crippen LogP) is 2.84. The molecule has 0 aliphatic heterocycles. The van der Waals surface area contributed by atoms with Crippen molar-refractivity contribution >= 4 is 37.8 Å². The van der Waals surface area contributed by atoms with Crippen molar-refractivity contribution in [3.8, 4) is 11.5 Å². The minimum Gasteiger partial charge on any atom is -0.505 e. The quantitative estimate of drug-likeness (QED) is 0.641. The topological polar surface area (TPSA) is 46.5 Å². The number of hydrogen-bond acceptors (Lipinski definition) is 3. The predicted molar refractivity (Wildman–Crippen MR) is 54.8 cm³/mol. The van der Waals surface area contributed by atoms with Crippen LogP contribution in [0.3, 0.4) is 0 Å². The van der Waals surface area contributed by atoms with Gasteiger partial charge in [-0.2, -0.15) is 0 Å². The second-order valence-electron chi connectivity index (χ2n) is 2.30. The number of hydrogen-bond donors (Lipinski definition) is 1. The van der Waals surface area contributed by atoms with Gasteiger partial charge in [-0.15, -0.1) is 0 Å². The molecule has 0 bridgehead atoms. The summed E-state index contributed by atoms with van der Waals surface area (Å²) < 4.78 is 5.71. The van der Waals surface area contributed by atoms with Crippen molar-refractivity contribution in [2.75, 3.05) is 0 Å². The van der Waals surface area contributed by atoms with Crippen LogP contribution in [0.1, 0.15) is 6.92 Å². The van der Waals surface area contributed by atoms with Gasteiger partial charge in [0.15, 0.2) is 0 Å². The van der Waals surface area contributed by atoms with E-state index in [0.717, 1.165) is 0 Å². The fourth-order valence-corrected chi connectivity index (χ4v) is 1.78. The van der Waals surface area contributed by atoms with Crippen LogP contribution in [-0.2, 0) is 4.79 Å². The van der Waals surface area contributed by atoms with E-state index >= 15 is 0 Å². The van der Waals surface area contributed by atoms with Gasteiger partial charge < -0.3 is 9.84 Å². The Morgan fingerprint density at radius 2 is 2.08 bits per heavy atom. The molecule has 0 saturated carbocycles. The summed E-state index contributed by atoms with van der Waals surface area (Å²) in [5, 5.41) is 9.41. The number of aromatic hydroxyl groups is 1. The monoisotopic (exact) mass is 308 g/mol. The van der Waals surface area contributed by atoms with Crippen LogP contribution >= 0.6 is 31.9 Å². The maximum Gasteiger partial charge on any atom is 0.308 e. The Hall–Kier alpha value is -0.550. The van der Waals surface area contributed by atoms with E-state index in [9.17, 15) is 9.90 Å². The van der Waals surface area contributed by atoms with Crippen LogP contribution in [0.15, 0.2) is 21.1 Å². The summed E-state index contributed by atoms with van der Waals surface area (Å²) in [5.41, 5.74) is 0. The van der Waals surface area contributed by atoms with E-state index in [4.69, 9.17) is 4.74 Å². The minimum atomic E-state index is -0.428. The Balaban J connectivity index is 3.10. The van der Waals surface area contributed by atoms with Crippen LogP contribution in [-0.4, -0.2) is 11.1 Å². The normalized spacial score (nSPS) is 9.77. The van der Waals surface area contributed by atoms with Crippen LogP contribution in [0, 0.1) is 0 Å². The fourth-order valence-electron chi connectivity index (χ4n) is 0.756. The number of ether oxygens (including phenoxy) is 1. The molecular weight excluding hydrogens is 304 g/mol. The number of phenols is 1. The number of carbonyl (C=O) groups excluding carboxylic acids is 1. The van der Waals surface area contributed by atoms with Crippen molar-refractivity contribution in [2.45, 2.75) is 6.92 Å². The molecule has 70 valence electrons. The van der Waals surface area contributed by atoms with Gasteiger partial charge in [0, 0.05) is 6.92 Å². The number of rotatable bonds is 1. The summed E-state index contributed by atoms with van der Waals surface area (Å²) in [4.78, 5) is 10.6. The van der Waals surface area contributed by atoms with E-state index in [-0.39, 0.29) is 5.75 Å². The van der Waals surface area contributed by atoms with Gasteiger partial charge >= 0.3 is 5.97 Å². The van der Waals surface area contributed by atoms with Gasteiger partial charge in [0.2, 0.25) is 0 Å². The molecule has 0 atom stereocenters. The summed E-state index contributed by atoms with van der Waals surface area (Å²) in [5.74, 6) is -0.116. The highest BCUT2D eigenvalue weighted by molar-refractivity contribution is 9.11. The van der Waals surface area contributed by atoms with Crippen molar-refractivity contribution in [3.63, 3.8) is 0 Å². The molecule has 0 aliphatic rings. The molecule has 0 radical (unpaired) electrons. The van der Waals surface area contributed by atoms with E-state index in [1.54, 1.807) is 12.1 Å². The average molecular weight is 310 g/mol. The highest BCUT2D eigenvalue weighted by Crippen LogP contribution is 2.38. The Labute approximate surface area is 92.0 Å². The summed E-state index contributed by atoms with van der Waals surface area (Å²) in [6.45, 7) is 1.30. The largest absolute Gasteiger partial charge is 0.505 e. The highest BCUT2D eigenvalue weighted by Gasteiger charge is 2.10. The van der Waals surface area contributed by atoms with Gasteiger partial charge in [-0.25, -0.2) is 0 Å². The fraction of sp³-hybridized carbons (Fsp3) is 0.125. The number of carbonyl (C=O) groups is 1. The molecule has 1 N–H and O–H groups in total. The maximum absolute atomic E-state index is 10.6. The zero-order valence-electron chi connectivity index (χ0n) is 6.67. The zero-order valence-corrected chi connectivity index (χ0v) is 9.85. The maximum atomic E-state index is 10.6. The molecule has 13 heavy (non-hydrogen) atoms. The first-order valence-electron chi connectivity index (χ1n) is 3.37. The van der Waals surface area contributed by atoms with E-state index in [0.29, 0.717) is 14.7 Å². The third-order valence-electron chi connectivity index (χ3n) is 1.29. The highest BCUT2D eigenvalue weighted by atomic mass is 79.9. The van der Waals surface area contributed by atoms with Gasteiger partial charge in [0.1, 0.15) is 16.0 Å². The number of halogens is 2. The van der Waals surface area contributed by atoms with E-state index < -0.39 is 5.97 Å². The molecule has 5 heteroatoms. The van der Waals surface area contributed by atoms with Gasteiger partial charge in [-0.05, 0) is 44.0 Å². The lowest BCUT2D eigenvalue weighted by Gasteiger charge is -2.06. The molecule has 1 rings (SSSR count). The summed E-state index contributed by atoms with van der Waals surface area (Å²) >= 11 is 6.23. The van der Waals surface area contributed by atoms with E-state index in [1.807, 2.05) is 0 Å². The Morgan fingerprint density at radius 1 is 1.46 bits per heavy atom. The first-order chi connectivity index (χ1) is 6.02. The standard InChI is InChI=1S/C8H6Br2O3/c1-4(11)13-6-3-2-5(9)8(12)7(6)10/h2-3,12H,1H3. The molecule has 0 amide bonds. The first kappa shape index (κ1) is 10.5. The molecular formula is C8H6Br2O3. The first-order valence-corrected chi connectivity index (χ1v) is 4.96. The smallest absolute Gasteiger partial charge is 0.308 e. The van der Waals surface area contributed by atoms with Crippen molar-refractivity contribution in [1.29, 1.82) is 0 Å². The van der Waals surface area contributed by atoms with Crippen LogP contribution in [0.4, 0.5) is 0 Å². The lowest BCUT2D eigenvalue weighted by molar-refractivity contribution is -0.131.